The summed E-state index contributed by atoms with van der Waals surface area (Å²) in [4.78, 5) is 36.4. The summed E-state index contributed by atoms with van der Waals surface area (Å²) in [5, 5.41) is 10.8. The molecule has 0 heterocycles. The van der Waals surface area contributed by atoms with Crippen LogP contribution in [0.25, 0.3) is 0 Å². The van der Waals surface area contributed by atoms with Gasteiger partial charge in [0.15, 0.2) is 0 Å². The van der Waals surface area contributed by atoms with Gasteiger partial charge in [0.25, 0.3) is 11.6 Å². The van der Waals surface area contributed by atoms with E-state index in [0.29, 0.717) is 12.1 Å². The van der Waals surface area contributed by atoms with Crippen molar-refractivity contribution in [1.82, 2.24) is 4.90 Å². The smallest absolute Gasteiger partial charge is 0.307 e. The molecule has 0 bridgehead atoms. The predicted octanol–water partition coefficient (Wildman–Crippen LogP) is 3.50. The number of amides is 1. The van der Waals surface area contributed by atoms with E-state index >= 15 is 0 Å². The van der Waals surface area contributed by atoms with Gasteiger partial charge in [0, 0.05) is 30.8 Å². The lowest BCUT2D eigenvalue weighted by atomic mass is 10.1. The lowest BCUT2D eigenvalue weighted by Crippen LogP contribution is -2.33. The summed E-state index contributed by atoms with van der Waals surface area (Å²) < 4.78 is 4.93. The second kappa shape index (κ2) is 9.47. The molecule has 142 valence electrons. The molecule has 0 unspecified atom stereocenters. The van der Waals surface area contributed by atoms with Crippen LogP contribution >= 0.6 is 0 Å². The fraction of sp³-hybridized carbons (Fsp3) is 0.300. The van der Waals surface area contributed by atoms with Gasteiger partial charge in [-0.2, -0.15) is 0 Å². The summed E-state index contributed by atoms with van der Waals surface area (Å²) in [6.07, 6.45) is 0.0818. The van der Waals surface area contributed by atoms with Gasteiger partial charge in [-0.1, -0.05) is 29.8 Å². The van der Waals surface area contributed by atoms with E-state index in [9.17, 15) is 19.7 Å². The average Bonchev–Trinajstić information content (AvgIpc) is 2.66. The highest BCUT2D eigenvalue weighted by Gasteiger charge is 2.19. The number of ether oxygens (including phenoxy) is 1. The van der Waals surface area contributed by atoms with Gasteiger partial charge in [0.05, 0.1) is 18.0 Å². The number of nitro groups is 1. The molecule has 0 spiro atoms. The summed E-state index contributed by atoms with van der Waals surface area (Å²) in [5.41, 5.74) is 2.29. The zero-order chi connectivity index (χ0) is 19.8. The highest BCUT2D eigenvalue weighted by molar-refractivity contribution is 5.94. The van der Waals surface area contributed by atoms with Gasteiger partial charge in [-0.15, -0.1) is 0 Å². The lowest BCUT2D eigenvalue weighted by molar-refractivity contribution is -0.384. The van der Waals surface area contributed by atoms with E-state index in [0.717, 1.165) is 11.1 Å². The van der Waals surface area contributed by atoms with E-state index in [1.165, 1.54) is 24.3 Å². The normalized spacial score (nSPS) is 10.3. The Labute approximate surface area is 157 Å². The summed E-state index contributed by atoms with van der Waals surface area (Å²) in [6.45, 7) is 4.51. The summed E-state index contributed by atoms with van der Waals surface area (Å²) >= 11 is 0. The van der Waals surface area contributed by atoms with Gasteiger partial charge >= 0.3 is 5.97 Å². The molecule has 27 heavy (non-hydrogen) atoms. The minimum absolute atomic E-state index is 0.0804. The summed E-state index contributed by atoms with van der Waals surface area (Å²) in [5.74, 6) is -0.669. The third-order valence-electron chi connectivity index (χ3n) is 4.00. The summed E-state index contributed by atoms with van der Waals surface area (Å²) in [6, 6.07) is 13.2. The minimum atomic E-state index is -0.515. The van der Waals surface area contributed by atoms with Crippen molar-refractivity contribution in [2.24, 2.45) is 0 Å². The summed E-state index contributed by atoms with van der Waals surface area (Å²) in [7, 11) is 0. The Bertz CT molecular complexity index is 800. The first-order valence-corrected chi connectivity index (χ1v) is 8.65. The topological polar surface area (TPSA) is 89.8 Å². The molecule has 0 N–H and O–H groups in total. The Morgan fingerprint density at radius 2 is 1.70 bits per heavy atom. The number of hydrogen-bond acceptors (Lipinski definition) is 5. The van der Waals surface area contributed by atoms with Gasteiger partial charge in [-0.05, 0) is 31.5 Å². The first kappa shape index (κ1) is 20.1. The van der Waals surface area contributed by atoms with Crippen molar-refractivity contribution in [2.45, 2.75) is 26.8 Å². The predicted molar refractivity (Wildman–Crippen MR) is 100 cm³/mol. The van der Waals surface area contributed by atoms with E-state index in [1.807, 2.05) is 31.2 Å². The first-order chi connectivity index (χ1) is 12.9. The van der Waals surface area contributed by atoms with Crippen LogP contribution in [-0.2, 0) is 16.1 Å². The molecule has 0 atom stereocenters. The van der Waals surface area contributed by atoms with Gasteiger partial charge < -0.3 is 9.64 Å². The quantitative estimate of drug-likeness (QED) is 0.403. The maximum Gasteiger partial charge on any atom is 0.307 e. The molecular formula is C20H22N2O5. The second-order valence-electron chi connectivity index (χ2n) is 6.07. The van der Waals surface area contributed by atoms with Crippen LogP contribution in [0.3, 0.4) is 0 Å². The van der Waals surface area contributed by atoms with Gasteiger partial charge in [-0.25, -0.2) is 0 Å². The lowest BCUT2D eigenvalue weighted by Gasteiger charge is -2.23. The average molecular weight is 370 g/mol. The Morgan fingerprint density at radius 1 is 1.07 bits per heavy atom. The Morgan fingerprint density at radius 3 is 2.26 bits per heavy atom. The number of nitrogens with zero attached hydrogens (tertiary/aromatic N) is 2. The largest absolute Gasteiger partial charge is 0.466 e. The number of benzene rings is 2. The number of carbonyl (C=O) groups is 2. The molecule has 0 aromatic heterocycles. The monoisotopic (exact) mass is 370 g/mol. The number of non-ortho nitro benzene ring substituents is 1. The van der Waals surface area contributed by atoms with Crippen molar-refractivity contribution in [2.75, 3.05) is 13.2 Å². The number of rotatable bonds is 8. The number of hydrogen-bond donors (Lipinski definition) is 0. The van der Waals surface area contributed by atoms with Crippen LogP contribution in [0.2, 0.25) is 0 Å². The highest BCUT2D eigenvalue weighted by Crippen LogP contribution is 2.16. The zero-order valence-corrected chi connectivity index (χ0v) is 15.4. The van der Waals surface area contributed by atoms with Gasteiger partial charge in [0.1, 0.15) is 0 Å². The maximum absolute atomic E-state index is 12.9. The van der Waals surface area contributed by atoms with Crippen molar-refractivity contribution in [3.8, 4) is 0 Å². The Balaban J connectivity index is 2.18. The third kappa shape index (κ3) is 5.91. The van der Waals surface area contributed by atoms with Crippen LogP contribution in [0.1, 0.15) is 34.8 Å². The Hall–Kier alpha value is -3.22. The molecule has 2 rings (SSSR count). The van der Waals surface area contributed by atoms with Crippen LogP contribution in [0.15, 0.2) is 48.5 Å². The van der Waals surface area contributed by atoms with Crippen molar-refractivity contribution in [3.63, 3.8) is 0 Å². The molecule has 0 fully saturated rings. The van der Waals surface area contributed by atoms with E-state index in [2.05, 4.69) is 0 Å². The van der Waals surface area contributed by atoms with E-state index in [4.69, 9.17) is 4.74 Å². The van der Waals surface area contributed by atoms with Crippen LogP contribution in [0.4, 0.5) is 5.69 Å². The maximum atomic E-state index is 12.9. The molecule has 0 saturated carbocycles. The van der Waals surface area contributed by atoms with Crippen molar-refractivity contribution >= 4 is 17.6 Å². The number of nitro benzene ring substituents is 1. The first-order valence-electron chi connectivity index (χ1n) is 8.65. The SMILES string of the molecule is CCOC(=O)CCN(Cc1ccc(C)cc1)C(=O)c1ccc([N+](=O)[O-])cc1. The molecule has 2 aromatic rings. The number of carbonyl (C=O) groups excluding carboxylic acids is 2. The van der Waals surface area contributed by atoms with Crippen LogP contribution in [-0.4, -0.2) is 34.9 Å². The standard InChI is InChI=1S/C20H22N2O5/c1-3-27-19(23)12-13-21(14-16-6-4-15(2)5-7-16)20(24)17-8-10-18(11-9-17)22(25)26/h4-11H,3,12-14H2,1-2H3. The van der Waals surface area contributed by atoms with E-state index in [1.54, 1.807) is 11.8 Å². The van der Waals surface area contributed by atoms with Gasteiger partial charge in [0.2, 0.25) is 0 Å². The second-order valence-corrected chi connectivity index (χ2v) is 6.07. The molecule has 2 aromatic carbocycles. The molecule has 7 heteroatoms. The van der Waals surface area contributed by atoms with Crippen LogP contribution in [0.5, 0.6) is 0 Å². The van der Waals surface area contributed by atoms with Crippen molar-refractivity contribution < 1.29 is 19.2 Å². The minimum Gasteiger partial charge on any atom is -0.466 e. The van der Waals surface area contributed by atoms with Crippen LogP contribution in [0, 0.1) is 17.0 Å². The molecule has 7 nitrogen and oxygen atoms in total. The van der Waals surface area contributed by atoms with Crippen LogP contribution < -0.4 is 0 Å². The molecule has 0 radical (unpaired) electrons. The fourth-order valence-electron chi connectivity index (χ4n) is 2.53. The molecule has 0 aliphatic carbocycles. The molecule has 1 amide bonds. The zero-order valence-electron chi connectivity index (χ0n) is 15.4. The van der Waals surface area contributed by atoms with Gasteiger partial charge in [-0.3, -0.25) is 19.7 Å². The molecule has 0 aliphatic heterocycles. The number of aryl methyl sites for hydroxylation is 1. The van der Waals surface area contributed by atoms with Crippen molar-refractivity contribution in [3.05, 3.63) is 75.3 Å². The third-order valence-corrected chi connectivity index (χ3v) is 4.00. The van der Waals surface area contributed by atoms with E-state index < -0.39 is 4.92 Å². The molecule has 0 aliphatic rings. The van der Waals surface area contributed by atoms with Crippen molar-refractivity contribution in [1.29, 1.82) is 0 Å². The van der Waals surface area contributed by atoms with E-state index in [-0.39, 0.29) is 37.1 Å². The number of esters is 1. The highest BCUT2D eigenvalue weighted by atomic mass is 16.6. The fourth-order valence-corrected chi connectivity index (χ4v) is 2.53. The molecule has 0 saturated heterocycles. The molecular weight excluding hydrogens is 348 g/mol. The Kier molecular flexibility index (Phi) is 7.05.